The Hall–Kier alpha value is -1.35. The lowest BCUT2D eigenvalue weighted by Crippen LogP contribution is -2.27. The largest absolute Gasteiger partial charge is 0.316 e. The predicted octanol–water partition coefficient (Wildman–Crippen LogP) is 3.71. The van der Waals surface area contributed by atoms with Crippen LogP contribution in [-0.2, 0) is 19.5 Å². The second-order valence-electron chi connectivity index (χ2n) is 5.76. The third-order valence-electron chi connectivity index (χ3n) is 4.19. The van der Waals surface area contributed by atoms with Crippen LogP contribution in [0.4, 0.5) is 0 Å². The van der Waals surface area contributed by atoms with Gasteiger partial charge in [0.1, 0.15) is 0 Å². The summed E-state index contributed by atoms with van der Waals surface area (Å²) in [5, 5.41) is 4.05. The van der Waals surface area contributed by atoms with Crippen molar-refractivity contribution in [2.45, 2.75) is 19.5 Å². The van der Waals surface area contributed by atoms with Gasteiger partial charge in [0.2, 0.25) is 0 Å². The molecular weight excluding hydrogens is 280 g/mol. The Morgan fingerprint density at radius 1 is 1.19 bits per heavy atom. The number of hydrogen-bond donors (Lipinski definition) is 1. The van der Waals surface area contributed by atoms with Crippen LogP contribution in [0.5, 0.6) is 0 Å². The zero-order valence-electron chi connectivity index (χ0n) is 12.6. The summed E-state index contributed by atoms with van der Waals surface area (Å²) in [4.78, 5) is 2.38. The van der Waals surface area contributed by atoms with E-state index in [1.807, 2.05) is 13.1 Å². The molecule has 0 saturated heterocycles. The van der Waals surface area contributed by atoms with Gasteiger partial charge in [-0.3, -0.25) is 0 Å². The minimum absolute atomic E-state index is 0.798. The molecule has 0 aliphatic carbocycles. The zero-order chi connectivity index (χ0) is 14.8. The van der Waals surface area contributed by atoms with Crippen molar-refractivity contribution < 1.29 is 0 Å². The fourth-order valence-corrected chi connectivity index (χ4v) is 3.28. The quantitative estimate of drug-likeness (QED) is 0.929. The van der Waals surface area contributed by atoms with E-state index in [1.54, 1.807) is 0 Å². The third kappa shape index (κ3) is 2.98. The summed E-state index contributed by atoms with van der Waals surface area (Å²) >= 11 is 6.25. The number of hydrogen-bond acceptors (Lipinski definition) is 2. The first-order valence-electron chi connectivity index (χ1n) is 7.41. The Kier molecular flexibility index (Phi) is 4.29. The Bertz CT molecular complexity index is 652. The third-order valence-corrected chi connectivity index (χ3v) is 4.43. The van der Waals surface area contributed by atoms with Crippen molar-refractivity contribution in [2.75, 3.05) is 20.6 Å². The number of halogens is 1. The van der Waals surface area contributed by atoms with Crippen molar-refractivity contribution in [2.24, 2.45) is 0 Å². The minimum Gasteiger partial charge on any atom is -0.316 e. The number of likely N-dealkylation sites (N-methyl/N-ethyl adjacent to an activating group) is 1. The Balaban J connectivity index is 2.15. The fourth-order valence-electron chi connectivity index (χ4n) is 3.11. The van der Waals surface area contributed by atoms with E-state index in [2.05, 4.69) is 47.6 Å². The first-order chi connectivity index (χ1) is 10.2. The fraction of sp³-hybridized carbons (Fsp3) is 0.333. The molecule has 2 aromatic carbocycles. The van der Waals surface area contributed by atoms with E-state index >= 15 is 0 Å². The maximum Gasteiger partial charge on any atom is 0.0412 e. The average Bonchev–Trinajstić information content (AvgIpc) is 2.49. The summed E-state index contributed by atoms with van der Waals surface area (Å²) in [6.07, 6.45) is 1.13. The maximum atomic E-state index is 6.25. The van der Waals surface area contributed by atoms with E-state index in [9.17, 15) is 0 Å². The van der Waals surface area contributed by atoms with E-state index in [4.69, 9.17) is 11.6 Å². The number of nitrogens with zero attached hydrogens (tertiary/aromatic N) is 1. The van der Waals surface area contributed by atoms with Gasteiger partial charge in [-0.15, -0.1) is 0 Å². The van der Waals surface area contributed by atoms with Gasteiger partial charge in [0.05, 0.1) is 0 Å². The topological polar surface area (TPSA) is 15.3 Å². The van der Waals surface area contributed by atoms with E-state index in [1.165, 1.54) is 27.8 Å². The van der Waals surface area contributed by atoms with E-state index in [-0.39, 0.29) is 0 Å². The monoisotopic (exact) mass is 300 g/mol. The molecule has 0 saturated carbocycles. The van der Waals surface area contributed by atoms with Crippen LogP contribution in [0.1, 0.15) is 16.7 Å². The van der Waals surface area contributed by atoms with Gasteiger partial charge in [0, 0.05) is 24.7 Å². The highest BCUT2D eigenvalue weighted by Crippen LogP contribution is 2.33. The van der Waals surface area contributed by atoms with Crippen molar-refractivity contribution >= 4 is 11.6 Å². The van der Waals surface area contributed by atoms with Crippen LogP contribution in [0.15, 0.2) is 36.4 Å². The van der Waals surface area contributed by atoms with Crippen LogP contribution in [0.3, 0.4) is 0 Å². The Labute approximate surface area is 131 Å². The lowest BCUT2D eigenvalue weighted by molar-refractivity contribution is 0.313. The smallest absolute Gasteiger partial charge is 0.0412 e. The molecule has 2 nitrogen and oxygen atoms in total. The van der Waals surface area contributed by atoms with E-state index in [0.29, 0.717) is 0 Å². The molecule has 1 N–H and O–H groups in total. The highest BCUT2D eigenvalue weighted by molar-refractivity contribution is 6.30. The summed E-state index contributed by atoms with van der Waals surface area (Å²) in [6, 6.07) is 12.8. The zero-order valence-corrected chi connectivity index (χ0v) is 13.4. The van der Waals surface area contributed by atoms with Crippen LogP contribution in [0, 0.1) is 0 Å². The van der Waals surface area contributed by atoms with Gasteiger partial charge in [-0.05, 0) is 60.5 Å². The summed E-state index contributed by atoms with van der Waals surface area (Å²) in [6.45, 7) is 3.00. The molecule has 0 unspecified atom stereocenters. The average molecular weight is 301 g/mol. The molecule has 1 aliphatic rings. The number of nitrogens with one attached hydrogen (secondary N) is 1. The first kappa shape index (κ1) is 14.6. The molecule has 110 valence electrons. The van der Waals surface area contributed by atoms with Crippen molar-refractivity contribution in [1.29, 1.82) is 0 Å². The Morgan fingerprint density at radius 3 is 2.86 bits per heavy atom. The number of rotatable bonds is 3. The van der Waals surface area contributed by atoms with Crippen molar-refractivity contribution in [1.82, 2.24) is 10.2 Å². The predicted molar refractivity (Wildman–Crippen MR) is 89.7 cm³/mol. The second kappa shape index (κ2) is 6.18. The highest BCUT2D eigenvalue weighted by atomic mass is 35.5. The standard InChI is InChI=1S/C18H21ClN2/c1-20-11-14-6-7-15(19)10-17(14)16-5-3-4-13-8-9-21(2)12-18(13)16/h3-7,10,20H,8-9,11-12H2,1-2H3. The molecule has 3 heteroatoms. The second-order valence-corrected chi connectivity index (χ2v) is 6.20. The molecular formula is C18H21ClN2. The van der Waals surface area contributed by atoms with Gasteiger partial charge in [-0.1, -0.05) is 35.9 Å². The SMILES string of the molecule is CNCc1ccc(Cl)cc1-c1cccc2c1CN(C)CC2. The molecule has 1 heterocycles. The molecule has 3 rings (SSSR count). The minimum atomic E-state index is 0.798. The first-order valence-corrected chi connectivity index (χ1v) is 7.79. The highest BCUT2D eigenvalue weighted by Gasteiger charge is 2.18. The van der Waals surface area contributed by atoms with E-state index in [0.717, 1.165) is 31.1 Å². The molecule has 0 atom stereocenters. The molecule has 0 aromatic heterocycles. The number of benzene rings is 2. The van der Waals surface area contributed by atoms with Crippen molar-refractivity contribution in [3.8, 4) is 11.1 Å². The summed E-state index contributed by atoms with van der Waals surface area (Å²) < 4.78 is 0. The normalized spacial score (nSPS) is 15.0. The molecule has 0 fully saturated rings. The molecule has 0 radical (unpaired) electrons. The van der Waals surface area contributed by atoms with Crippen LogP contribution in [0.2, 0.25) is 5.02 Å². The lowest BCUT2D eigenvalue weighted by atomic mass is 9.89. The molecule has 0 bridgehead atoms. The maximum absolute atomic E-state index is 6.25. The van der Waals surface area contributed by atoms with E-state index < -0.39 is 0 Å². The van der Waals surface area contributed by atoms with Crippen LogP contribution >= 0.6 is 11.6 Å². The van der Waals surface area contributed by atoms with Crippen LogP contribution in [-0.4, -0.2) is 25.5 Å². The summed E-state index contributed by atoms with van der Waals surface area (Å²) in [7, 11) is 4.17. The van der Waals surface area contributed by atoms with Gasteiger partial charge in [0.25, 0.3) is 0 Å². The van der Waals surface area contributed by atoms with Gasteiger partial charge in [-0.2, -0.15) is 0 Å². The molecule has 21 heavy (non-hydrogen) atoms. The summed E-state index contributed by atoms with van der Waals surface area (Å²) in [5.41, 5.74) is 6.80. The van der Waals surface area contributed by atoms with Crippen molar-refractivity contribution in [3.05, 3.63) is 58.1 Å². The molecule has 0 spiro atoms. The van der Waals surface area contributed by atoms with Gasteiger partial charge in [-0.25, -0.2) is 0 Å². The molecule has 2 aromatic rings. The summed E-state index contributed by atoms with van der Waals surface area (Å²) in [5.74, 6) is 0. The van der Waals surface area contributed by atoms with Gasteiger partial charge < -0.3 is 10.2 Å². The van der Waals surface area contributed by atoms with Crippen LogP contribution in [0.25, 0.3) is 11.1 Å². The van der Waals surface area contributed by atoms with Gasteiger partial charge >= 0.3 is 0 Å². The lowest BCUT2D eigenvalue weighted by Gasteiger charge is -2.27. The van der Waals surface area contributed by atoms with Crippen molar-refractivity contribution in [3.63, 3.8) is 0 Å². The molecule has 1 aliphatic heterocycles. The molecule has 0 amide bonds. The van der Waals surface area contributed by atoms with Crippen LogP contribution < -0.4 is 5.32 Å². The Morgan fingerprint density at radius 2 is 2.05 bits per heavy atom. The van der Waals surface area contributed by atoms with Gasteiger partial charge in [0.15, 0.2) is 0 Å². The number of fused-ring (bicyclic) bond motifs is 1.